The molecule has 1 aliphatic carbocycles. The molecule has 2 aromatic rings. The number of fused-ring (bicyclic) bond motifs is 1. The van der Waals surface area contributed by atoms with Crippen LogP contribution in [0.5, 0.6) is 0 Å². The number of carboxylic acid groups (broad SMARTS) is 1. The van der Waals surface area contributed by atoms with Gasteiger partial charge in [-0.2, -0.15) is 0 Å². The van der Waals surface area contributed by atoms with Crippen LogP contribution in [0.3, 0.4) is 0 Å². The zero-order chi connectivity index (χ0) is 14.1. The van der Waals surface area contributed by atoms with Gasteiger partial charge in [0.25, 0.3) is 0 Å². The number of rotatable bonds is 3. The maximum Gasteiger partial charge on any atom is 0.307 e. The van der Waals surface area contributed by atoms with E-state index in [-0.39, 0.29) is 24.1 Å². The van der Waals surface area contributed by atoms with Crippen LogP contribution in [0, 0.1) is 5.92 Å². The normalized spacial score (nSPS) is 15.9. The standard InChI is InChI=1S/C17H14O3.ClH/c18-16(11-4-2-1-3-5-11)13-7-6-12-8-15(17(19)20)10-14(12)9-13;/h1-7,9,15H,8,10H2,(H,19,20);1H. The Hall–Kier alpha value is -2.13. The maximum absolute atomic E-state index is 12.3. The number of halogens is 1. The molecule has 108 valence electrons. The highest BCUT2D eigenvalue weighted by molar-refractivity contribution is 6.09. The molecule has 0 saturated carbocycles. The van der Waals surface area contributed by atoms with Crippen LogP contribution in [0.15, 0.2) is 48.5 Å². The summed E-state index contributed by atoms with van der Waals surface area (Å²) in [6.45, 7) is 0. The molecular formula is C17H15ClO3. The predicted molar refractivity (Wildman–Crippen MR) is 82.1 cm³/mol. The summed E-state index contributed by atoms with van der Waals surface area (Å²) in [7, 11) is 0. The minimum Gasteiger partial charge on any atom is -0.481 e. The average molecular weight is 303 g/mol. The van der Waals surface area contributed by atoms with E-state index >= 15 is 0 Å². The van der Waals surface area contributed by atoms with Gasteiger partial charge in [0.1, 0.15) is 0 Å². The van der Waals surface area contributed by atoms with E-state index in [1.165, 1.54) is 0 Å². The van der Waals surface area contributed by atoms with Gasteiger partial charge in [0, 0.05) is 11.1 Å². The molecule has 2 aromatic carbocycles. The van der Waals surface area contributed by atoms with Gasteiger partial charge in [-0.1, -0.05) is 42.5 Å². The van der Waals surface area contributed by atoms with E-state index < -0.39 is 5.97 Å². The van der Waals surface area contributed by atoms with E-state index in [9.17, 15) is 9.59 Å². The van der Waals surface area contributed by atoms with Gasteiger partial charge in [0.2, 0.25) is 0 Å². The lowest BCUT2D eigenvalue weighted by Crippen LogP contribution is -2.12. The second-order valence-corrected chi connectivity index (χ2v) is 5.12. The lowest BCUT2D eigenvalue weighted by atomic mass is 9.99. The Labute approximate surface area is 129 Å². The Morgan fingerprint density at radius 3 is 2.24 bits per heavy atom. The smallest absolute Gasteiger partial charge is 0.307 e. The Morgan fingerprint density at radius 2 is 1.57 bits per heavy atom. The van der Waals surface area contributed by atoms with Gasteiger partial charge in [-0.15, -0.1) is 12.4 Å². The summed E-state index contributed by atoms with van der Waals surface area (Å²) in [6.07, 6.45) is 1.07. The molecule has 0 heterocycles. The molecule has 1 atom stereocenters. The molecule has 0 aromatic heterocycles. The Balaban J connectivity index is 0.00000161. The van der Waals surface area contributed by atoms with Crippen molar-refractivity contribution in [3.05, 3.63) is 70.8 Å². The molecule has 3 nitrogen and oxygen atoms in total. The van der Waals surface area contributed by atoms with E-state index in [1.807, 2.05) is 30.3 Å². The number of aliphatic carboxylic acids is 1. The molecule has 1 unspecified atom stereocenters. The second-order valence-electron chi connectivity index (χ2n) is 5.12. The third-order valence-electron chi connectivity index (χ3n) is 3.79. The van der Waals surface area contributed by atoms with Gasteiger partial charge in [-0.05, 0) is 30.0 Å². The van der Waals surface area contributed by atoms with Crippen molar-refractivity contribution in [1.29, 1.82) is 0 Å². The van der Waals surface area contributed by atoms with Crippen LogP contribution >= 0.6 is 12.4 Å². The molecule has 3 rings (SSSR count). The fraction of sp³-hybridized carbons (Fsp3) is 0.176. The highest BCUT2D eigenvalue weighted by Gasteiger charge is 2.27. The molecule has 0 radical (unpaired) electrons. The molecular weight excluding hydrogens is 288 g/mol. The molecule has 1 N–H and O–H groups in total. The quantitative estimate of drug-likeness (QED) is 0.886. The molecule has 0 amide bonds. The van der Waals surface area contributed by atoms with Gasteiger partial charge >= 0.3 is 5.97 Å². The highest BCUT2D eigenvalue weighted by atomic mass is 35.5. The fourth-order valence-corrected chi connectivity index (χ4v) is 2.69. The largest absolute Gasteiger partial charge is 0.481 e. The number of hydrogen-bond donors (Lipinski definition) is 1. The van der Waals surface area contributed by atoms with E-state index in [2.05, 4.69) is 0 Å². The van der Waals surface area contributed by atoms with Crippen molar-refractivity contribution in [1.82, 2.24) is 0 Å². The van der Waals surface area contributed by atoms with Crippen LogP contribution in [0.25, 0.3) is 0 Å². The lowest BCUT2D eigenvalue weighted by molar-refractivity contribution is -0.141. The maximum atomic E-state index is 12.3. The number of hydrogen-bond acceptors (Lipinski definition) is 2. The predicted octanol–water partition coefficient (Wildman–Crippen LogP) is 3.14. The summed E-state index contributed by atoms with van der Waals surface area (Å²) in [6, 6.07) is 14.6. The van der Waals surface area contributed by atoms with Crippen LogP contribution in [-0.2, 0) is 17.6 Å². The minimum atomic E-state index is -0.767. The highest BCUT2D eigenvalue weighted by Crippen LogP contribution is 2.28. The Morgan fingerprint density at radius 1 is 0.905 bits per heavy atom. The molecule has 0 spiro atoms. The number of carbonyl (C=O) groups excluding carboxylic acids is 1. The van der Waals surface area contributed by atoms with E-state index in [0.29, 0.717) is 24.0 Å². The van der Waals surface area contributed by atoms with Crippen molar-refractivity contribution in [3.8, 4) is 0 Å². The zero-order valence-corrected chi connectivity index (χ0v) is 12.1. The van der Waals surface area contributed by atoms with Gasteiger partial charge in [0.05, 0.1) is 5.92 Å². The number of carbonyl (C=O) groups is 2. The first-order chi connectivity index (χ1) is 9.65. The first kappa shape index (κ1) is 15.3. The molecule has 4 heteroatoms. The van der Waals surface area contributed by atoms with Gasteiger partial charge < -0.3 is 5.11 Å². The van der Waals surface area contributed by atoms with Crippen LogP contribution < -0.4 is 0 Å². The summed E-state index contributed by atoms with van der Waals surface area (Å²) >= 11 is 0. The van der Waals surface area contributed by atoms with E-state index in [4.69, 9.17) is 5.11 Å². The van der Waals surface area contributed by atoms with E-state index in [0.717, 1.165) is 11.1 Å². The monoisotopic (exact) mass is 302 g/mol. The van der Waals surface area contributed by atoms with Gasteiger partial charge in [-0.25, -0.2) is 0 Å². The first-order valence-electron chi connectivity index (χ1n) is 6.59. The molecule has 0 saturated heterocycles. The summed E-state index contributed by atoms with van der Waals surface area (Å²) in [5, 5.41) is 9.07. The number of carboxylic acids is 1. The summed E-state index contributed by atoms with van der Waals surface area (Å²) in [5.74, 6) is -1.14. The second kappa shape index (κ2) is 6.10. The zero-order valence-electron chi connectivity index (χ0n) is 11.3. The summed E-state index contributed by atoms with van der Waals surface area (Å²) < 4.78 is 0. The van der Waals surface area contributed by atoms with Crippen molar-refractivity contribution >= 4 is 24.2 Å². The molecule has 21 heavy (non-hydrogen) atoms. The lowest BCUT2D eigenvalue weighted by Gasteiger charge is -2.04. The van der Waals surface area contributed by atoms with Crippen LogP contribution in [0.2, 0.25) is 0 Å². The van der Waals surface area contributed by atoms with Crippen molar-refractivity contribution in [3.63, 3.8) is 0 Å². The third kappa shape index (κ3) is 2.98. The van der Waals surface area contributed by atoms with Crippen LogP contribution in [0.4, 0.5) is 0 Å². The van der Waals surface area contributed by atoms with E-state index in [1.54, 1.807) is 18.2 Å². The minimum absolute atomic E-state index is 0. The molecule has 0 aliphatic heterocycles. The van der Waals surface area contributed by atoms with Gasteiger partial charge in [-0.3, -0.25) is 9.59 Å². The SMILES string of the molecule is Cl.O=C(c1ccccc1)c1ccc2c(c1)CC(C(=O)O)C2. The Kier molecular flexibility index (Phi) is 4.43. The van der Waals surface area contributed by atoms with Crippen LogP contribution in [-0.4, -0.2) is 16.9 Å². The van der Waals surface area contributed by atoms with Crippen molar-refractivity contribution in [2.75, 3.05) is 0 Å². The van der Waals surface area contributed by atoms with Crippen molar-refractivity contribution in [2.24, 2.45) is 5.92 Å². The molecule has 0 bridgehead atoms. The van der Waals surface area contributed by atoms with Crippen molar-refractivity contribution < 1.29 is 14.7 Å². The summed E-state index contributed by atoms with van der Waals surface area (Å²) in [5.41, 5.74) is 3.31. The van der Waals surface area contributed by atoms with Gasteiger partial charge in [0.15, 0.2) is 5.78 Å². The average Bonchev–Trinajstić information content (AvgIpc) is 2.90. The van der Waals surface area contributed by atoms with Crippen molar-refractivity contribution in [2.45, 2.75) is 12.8 Å². The fourth-order valence-electron chi connectivity index (χ4n) is 2.69. The molecule has 1 aliphatic rings. The molecule has 0 fully saturated rings. The van der Waals surface area contributed by atoms with Crippen LogP contribution in [0.1, 0.15) is 27.0 Å². The number of benzene rings is 2. The summed E-state index contributed by atoms with van der Waals surface area (Å²) in [4.78, 5) is 23.4. The number of ketones is 1. The topological polar surface area (TPSA) is 54.4 Å². The Bertz CT molecular complexity index is 680. The third-order valence-corrected chi connectivity index (χ3v) is 3.79. The first-order valence-corrected chi connectivity index (χ1v) is 6.59.